The molecule has 3 heterocycles. The Morgan fingerprint density at radius 3 is 2.77 bits per heavy atom. The van der Waals surface area contributed by atoms with Crippen molar-refractivity contribution in [2.75, 3.05) is 12.3 Å². The van der Waals surface area contributed by atoms with Crippen molar-refractivity contribution in [3.05, 3.63) is 71.2 Å². The van der Waals surface area contributed by atoms with Crippen molar-refractivity contribution in [3.8, 4) is 0 Å². The number of hydrogen-bond acceptors (Lipinski definition) is 3. The van der Waals surface area contributed by atoms with Crippen LogP contribution >= 0.6 is 11.8 Å². The quantitative estimate of drug-likeness (QED) is 0.681. The minimum Gasteiger partial charge on any atom is -0.358 e. The zero-order valence-corrected chi connectivity index (χ0v) is 17.2. The van der Waals surface area contributed by atoms with E-state index in [1.54, 1.807) is 12.1 Å². The van der Waals surface area contributed by atoms with E-state index in [4.69, 9.17) is 0 Å². The zero-order valence-electron chi connectivity index (χ0n) is 16.4. The van der Waals surface area contributed by atoms with Crippen molar-refractivity contribution in [1.82, 2.24) is 15.2 Å². The molecule has 0 saturated carbocycles. The maximum Gasteiger partial charge on any atom is 0.246 e. The summed E-state index contributed by atoms with van der Waals surface area (Å²) in [7, 11) is 0. The molecule has 2 amide bonds. The molecule has 2 unspecified atom stereocenters. The second-order valence-electron chi connectivity index (χ2n) is 7.85. The molecule has 1 saturated heterocycles. The number of nitrogens with one attached hydrogen (secondary N) is 2. The van der Waals surface area contributed by atoms with Crippen molar-refractivity contribution in [3.63, 3.8) is 0 Å². The highest BCUT2D eigenvalue weighted by molar-refractivity contribution is 8.00. The first-order chi connectivity index (χ1) is 14.6. The number of carbonyl (C=O) groups is 2. The maximum absolute atomic E-state index is 13.1. The summed E-state index contributed by atoms with van der Waals surface area (Å²) in [5, 5.41) is 3.81. The van der Waals surface area contributed by atoms with E-state index in [9.17, 15) is 14.0 Å². The number of aromatic amines is 1. The van der Waals surface area contributed by atoms with E-state index in [0.717, 1.165) is 22.9 Å². The molecule has 2 atom stereocenters. The first kappa shape index (κ1) is 19.2. The standard InChI is InChI=1S/C23H22FN3O2S/c24-15-7-5-14(6-8-15)11-21-22(28)26-20(13-30-21)23(29)27-10-9-19-17(12-27)16-3-1-2-4-18(16)25-19/h1-8,20-21,25H,9-13H2,(H,26,28). The first-order valence-corrected chi connectivity index (χ1v) is 11.2. The fourth-order valence-electron chi connectivity index (χ4n) is 4.29. The molecule has 30 heavy (non-hydrogen) atoms. The summed E-state index contributed by atoms with van der Waals surface area (Å²) in [4.78, 5) is 31.0. The summed E-state index contributed by atoms with van der Waals surface area (Å²) in [5.74, 6) is 0.115. The molecule has 2 aromatic carbocycles. The highest BCUT2D eigenvalue weighted by atomic mass is 32.2. The first-order valence-electron chi connectivity index (χ1n) is 10.1. The molecule has 7 heteroatoms. The second kappa shape index (κ2) is 7.80. The summed E-state index contributed by atoms with van der Waals surface area (Å²) in [6, 6.07) is 13.9. The lowest BCUT2D eigenvalue weighted by Crippen LogP contribution is -2.56. The number of hydrogen-bond donors (Lipinski definition) is 2. The summed E-state index contributed by atoms with van der Waals surface area (Å²) < 4.78 is 13.1. The van der Waals surface area contributed by atoms with Crippen molar-refractivity contribution in [2.45, 2.75) is 30.7 Å². The van der Waals surface area contributed by atoms with Crippen LogP contribution in [0.15, 0.2) is 48.5 Å². The molecule has 0 radical (unpaired) electrons. The van der Waals surface area contributed by atoms with Gasteiger partial charge in [-0.1, -0.05) is 30.3 Å². The van der Waals surface area contributed by atoms with Gasteiger partial charge in [-0.15, -0.1) is 11.8 Å². The molecule has 5 nitrogen and oxygen atoms in total. The third kappa shape index (κ3) is 3.58. The van der Waals surface area contributed by atoms with Crippen LogP contribution in [0.4, 0.5) is 4.39 Å². The van der Waals surface area contributed by atoms with Gasteiger partial charge in [0.2, 0.25) is 11.8 Å². The van der Waals surface area contributed by atoms with Crippen LogP contribution in [-0.2, 0) is 29.0 Å². The lowest BCUT2D eigenvalue weighted by Gasteiger charge is -2.34. The van der Waals surface area contributed by atoms with Crippen LogP contribution in [0, 0.1) is 5.82 Å². The number of amides is 2. The van der Waals surface area contributed by atoms with Gasteiger partial charge in [-0.2, -0.15) is 0 Å². The summed E-state index contributed by atoms with van der Waals surface area (Å²) in [6.45, 7) is 1.21. The van der Waals surface area contributed by atoms with E-state index in [0.29, 0.717) is 25.3 Å². The number of para-hydroxylation sites is 1. The van der Waals surface area contributed by atoms with Crippen molar-refractivity contribution in [1.29, 1.82) is 0 Å². The van der Waals surface area contributed by atoms with Gasteiger partial charge in [0.15, 0.2) is 0 Å². The third-order valence-corrected chi connectivity index (χ3v) is 7.21. The number of halogens is 1. The van der Waals surface area contributed by atoms with Crippen LogP contribution in [-0.4, -0.2) is 45.3 Å². The minimum atomic E-state index is -0.501. The average Bonchev–Trinajstić information content (AvgIpc) is 3.14. The molecule has 154 valence electrons. The van der Waals surface area contributed by atoms with E-state index >= 15 is 0 Å². The second-order valence-corrected chi connectivity index (χ2v) is 9.09. The van der Waals surface area contributed by atoms with Gasteiger partial charge in [-0.05, 0) is 30.2 Å². The number of rotatable bonds is 3. The van der Waals surface area contributed by atoms with Crippen LogP contribution in [0.2, 0.25) is 0 Å². The number of fused-ring (bicyclic) bond motifs is 3. The fraction of sp³-hybridized carbons (Fsp3) is 0.304. The number of H-pyrrole nitrogens is 1. The minimum absolute atomic E-state index is 0.0213. The molecule has 2 aliphatic rings. The van der Waals surface area contributed by atoms with Crippen LogP contribution < -0.4 is 5.32 Å². The van der Waals surface area contributed by atoms with E-state index in [-0.39, 0.29) is 22.9 Å². The number of aromatic nitrogens is 1. The van der Waals surface area contributed by atoms with Gasteiger partial charge >= 0.3 is 0 Å². The smallest absolute Gasteiger partial charge is 0.246 e. The predicted molar refractivity (Wildman–Crippen MR) is 116 cm³/mol. The van der Waals surface area contributed by atoms with Crippen LogP contribution in [0.5, 0.6) is 0 Å². The van der Waals surface area contributed by atoms with Gasteiger partial charge in [0.25, 0.3) is 0 Å². The van der Waals surface area contributed by atoms with Crippen LogP contribution in [0.3, 0.4) is 0 Å². The van der Waals surface area contributed by atoms with E-state index in [2.05, 4.69) is 22.4 Å². The fourth-order valence-corrected chi connectivity index (χ4v) is 5.47. The Morgan fingerprint density at radius 2 is 1.97 bits per heavy atom. The summed E-state index contributed by atoms with van der Waals surface area (Å²) >= 11 is 1.50. The molecule has 3 aromatic rings. The van der Waals surface area contributed by atoms with Crippen LogP contribution in [0.25, 0.3) is 10.9 Å². The monoisotopic (exact) mass is 423 g/mol. The average molecular weight is 424 g/mol. The molecule has 2 N–H and O–H groups in total. The predicted octanol–water partition coefficient (Wildman–Crippen LogP) is 3.03. The lowest BCUT2D eigenvalue weighted by atomic mass is 10.0. The van der Waals surface area contributed by atoms with Gasteiger partial charge in [0.05, 0.1) is 5.25 Å². The van der Waals surface area contributed by atoms with E-state index in [1.165, 1.54) is 35.2 Å². The normalized spacial score (nSPS) is 21.4. The van der Waals surface area contributed by atoms with Gasteiger partial charge in [0.1, 0.15) is 11.9 Å². The maximum atomic E-state index is 13.1. The summed E-state index contributed by atoms with van der Waals surface area (Å²) in [6.07, 6.45) is 1.32. The molecule has 1 fully saturated rings. The largest absolute Gasteiger partial charge is 0.358 e. The van der Waals surface area contributed by atoms with Crippen molar-refractivity contribution < 1.29 is 14.0 Å². The highest BCUT2D eigenvalue weighted by Gasteiger charge is 2.35. The van der Waals surface area contributed by atoms with Gasteiger partial charge in [0, 0.05) is 47.4 Å². The molecule has 0 spiro atoms. The molecule has 5 rings (SSSR count). The third-order valence-electron chi connectivity index (χ3n) is 5.90. The Balaban J connectivity index is 1.24. The number of carbonyl (C=O) groups excluding carboxylic acids is 2. The zero-order chi connectivity index (χ0) is 20.7. The topological polar surface area (TPSA) is 65.2 Å². The summed E-state index contributed by atoms with van der Waals surface area (Å²) in [5.41, 5.74) is 4.38. The van der Waals surface area contributed by atoms with Gasteiger partial charge < -0.3 is 15.2 Å². The molecule has 0 bridgehead atoms. The van der Waals surface area contributed by atoms with Crippen molar-refractivity contribution >= 4 is 34.5 Å². The number of nitrogens with zero attached hydrogens (tertiary/aromatic N) is 1. The Hall–Kier alpha value is -2.80. The van der Waals surface area contributed by atoms with Gasteiger partial charge in [-0.25, -0.2) is 4.39 Å². The molecular formula is C23H22FN3O2S. The van der Waals surface area contributed by atoms with E-state index in [1.807, 2.05) is 17.0 Å². The highest BCUT2D eigenvalue weighted by Crippen LogP contribution is 2.29. The Bertz CT molecular complexity index is 1110. The molecule has 0 aliphatic carbocycles. The number of thioether (sulfide) groups is 1. The Morgan fingerprint density at radius 1 is 1.17 bits per heavy atom. The van der Waals surface area contributed by atoms with Crippen LogP contribution in [0.1, 0.15) is 16.8 Å². The molecule has 1 aromatic heterocycles. The Kier molecular flexibility index (Phi) is 4.98. The molecular weight excluding hydrogens is 401 g/mol. The molecule has 2 aliphatic heterocycles. The van der Waals surface area contributed by atoms with Crippen molar-refractivity contribution in [2.24, 2.45) is 0 Å². The number of benzene rings is 2. The Labute approximate surface area is 178 Å². The van der Waals surface area contributed by atoms with E-state index < -0.39 is 6.04 Å². The SMILES string of the molecule is O=C1NC(C(=O)N2CCc3[nH]c4ccccc4c3C2)CSC1Cc1ccc(F)cc1. The van der Waals surface area contributed by atoms with Gasteiger partial charge in [-0.3, -0.25) is 9.59 Å². The lowest BCUT2D eigenvalue weighted by molar-refractivity contribution is -0.136.